The van der Waals surface area contributed by atoms with Gasteiger partial charge in [0.15, 0.2) is 10.6 Å². The van der Waals surface area contributed by atoms with Crippen molar-refractivity contribution in [3.63, 3.8) is 0 Å². The predicted molar refractivity (Wildman–Crippen MR) is 136 cm³/mol. The highest BCUT2D eigenvalue weighted by atomic mass is 32.1. The lowest BCUT2D eigenvalue weighted by Crippen LogP contribution is -2.38. The van der Waals surface area contributed by atoms with E-state index in [9.17, 15) is 9.59 Å². The molecule has 0 amide bonds. The Morgan fingerprint density at radius 1 is 0.971 bits per heavy atom. The van der Waals surface area contributed by atoms with Crippen LogP contribution >= 0.6 is 11.3 Å². The highest BCUT2D eigenvalue weighted by Gasteiger charge is 2.25. The van der Waals surface area contributed by atoms with E-state index in [0.29, 0.717) is 23.1 Å². The molecule has 35 heavy (non-hydrogen) atoms. The van der Waals surface area contributed by atoms with Crippen LogP contribution in [0.3, 0.4) is 0 Å². The third-order valence-corrected chi connectivity index (χ3v) is 7.23. The summed E-state index contributed by atoms with van der Waals surface area (Å²) >= 11 is 1.57. The third kappa shape index (κ3) is 3.93. The monoisotopic (exact) mass is 486 g/mol. The number of aryl methyl sites for hydroxylation is 1. The number of pyridine rings is 3. The van der Waals surface area contributed by atoms with Crippen molar-refractivity contribution in [3.05, 3.63) is 75.8 Å². The number of thiazole rings is 1. The van der Waals surface area contributed by atoms with Crippen molar-refractivity contribution < 1.29 is 0 Å². The molecular weight excluding hydrogens is 464 g/mol. The second-order valence-electron chi connectivity index (χ2n) is 8.60. The van der Waals surface area contributed by atoms with Gasteiger partial charge in [0, 0.05) is 31.5 Å². The van der Waals surface area contributed by atoms with Gasteiger partial charge in [0.1, 0.15) is 16.2 Å². The van der Waals surface area contributed by atoms with Gasteiger partial charge in [-0.25, -0.2) is 29.3 Å². The minimum Gasteiger partial charge on any atom is -0.367 e. The fraction of sp³-hybridized carbons (Fsp3) is 0.250. The lowest BCUT2D eigenvalue weighted by molar-refractivity contribution is 0.722. The maximum absolute atomic E-state index is 12.9. The van der Waals surface area contributed by atoms with E-state index in [4.69, 9.17) is 0 Å². The Hall–Kier alpha value is -4.12. The third-order valence-electron chi connectivity index (χ3n) is 6.32. The molecule has 1 fully saturated rings. The van der Waals surface area contributed by atoms with Gasteiger partial charge in [0.2, 0.25) is 0 Å². The van der Waals surface area contributed by atoms with E-state index in [1.165, 1.54) is 4.57 Å². The molecule has 2 N–H and O–H groups in total. The predicted octanol–water partition coefficient (Wildman–Crippen LogP) is 2.93. The first kappa shape index (κ1) is 21.4. The summed E-state index contributed by atoms with van der Waals surface area (Å²) in [6.45, 7) is 0. The number of hydrogen-bond donors (Lipinski definition) is 2. The summed E-state index contributed by atoms with van der Waals surface area (Å²) in [5.41, 5.74) is 1.16. The normalized spacial score (nSPS) is 17.7. The summed E-state index contributed by atoms with van der Waals surface area (Å²) in [5.74, 6) is 0.701. The molecule has 0 unspecified atom stereocenters. The van der Waals surface area contributed by atoms with E-state index >= 15 is 0 Å². The van der Waals surface area contributed by atoms with Gasteiger partial charge < -0.3 is 10.6 Å². The first-order chi connectivity index (χ1) is 17.1. The van der Waals surface area contributed by atoms with E-state index < -0.39 is 11.2 Å². The number of nitrogens with one attached hydrogen (secondary N) is 2. The van der Waals surface area contributed by atoms with Crippen LogP contribution in [0.4, 0.5) is 10.9 Å². The Bertz CT molecular complexity index is 1620. The first-order valence-electron chi connectivity index (χ1n) is 11.3. The zero-order valence-electron chi connectivity index (χ0n) is 18.9. The highest BCUT2D eigenvalue weighted by molar-refractivity contribution is 7.21. The standard InChI is InChI=1S/C24H22N8O2S/c1-31-18-5-3-10-25-20(18)22(33)32(24(31)34)16-8-9-19(27-13-16)28-14-6-7-15(12-14)29-23-30-17-4-2-11-26-21(17)35-23/h2-5,8-11,13-15H,6-7,12H2,1H3,(H,27,28)(H,29,30)/t14-,15-/m0/s1. The zero-order chi connectivity index (χ0) is 23.9. The van der Waals surface area contributed by atoms with E-state index in [1.54, 1.807) is 61.2 Å². The molecule has 176 valence electrons. The van der Waals surface area contributed by atoms with Crippen molar-refractivity contribution in [2.75, 3.05) is 10.6 Å². The Balaban J connectivity index is 1.16. The lowest BCUT2D eigenvalue weighted by Gasteiger charge is -2.15. The summed E-state index contributed by atoms with van der Waals surface area (Å²) in [5, 5.41) is 7.90. The molecule has 10 nitrogen and oxygen atoms in total. The van der Waals surface area contributed by atoms with Crippen LogP contribution in [0.2, 0.25) is 0 Å². The van der Waals surface area contributed by atoms with Crippen molar-refractivity contribution >= 4 is 43.7 Å². The average Bonchev–Trinajstić information content (AvgIpc) is 3.50. The van der Waals surface area contributed by atoms with Crippen molar-refractivity contribution in [2.45, 2.75) is 31.3 Å². The molecule has 2 atom stereocenters. The number of rotatable bonds is 5. The van der Waals surface area contributed by atoms with E-state index in [-0.39, 0.29) is 11.6 Å². The Labute approximate surface area is 203 Å². The molecule has 0 spiro atoms. The van der Waals surface area contributed by atoms with E-state index in [2.05, 4.69) is 30.6 Å². The Kier molecular flexibility index (Phi) is 5.25. The number of hydrogen-bond acceptors (Lipinski definition) is 9. The van der Waals surface area contributed by atoms with Crippen LogP contribution in [-0.2, 0) is 7.05 Å². The SMILES string of the molecule is Cn1c(=O)n(-c2ccc(N[C@H]3CC[C@H](Nc4nc5cccnc5s4)C3)nc2)c(=O)c2ncccc21. The van der Waals surface area contributed by atoms with Gasteiger partial charge in [-0.2, -0.15) is 0 Å². The maximum Gasteiger partial charge on any atom is 0.336 e. The fourth-order valence-corrected chi connectivity index (χ4v) is 5.45. The number of anilines is 2. The molecule has 0 aliphatic heterocycles. The molecule has 5 aromatic heterocycles. The van der Waals surface area contributed by atoms with Crippen molar-refractivity contribution in [1.29, 1.82) is 0 Å². The molecule has 1 aliphatic carbocycles. The molecule has 0 radical (unpaired) electrons. The summed E-state index contributed by atoms with van der Waals surface area (Å²) in [6, 6.07) is 11.4. The van der Waals surface area contributed by atoms with Gasteiger partial charge in [-0.3, -0.25) is 9.36 Å². The molecule has 11 heteroatoms. The maximum atomic E-state index is 12.9. The molecule has 6 rings (SSSR count). The van der Waals surface area contributed by atoms with Crippen molar-refractivity contribution in [1.82, 2.24) is 29.1 Å². The number of aromatic nitrogens is 6. The molecule has 5 aromatic rings. The first-order valence-corrected chi connectivity index (χ1v) is 12.2. The summed E-state index contributed by atoms with van der Waals surface area (Å²) in [7, 11) is 1.63. The summed E-state index contributed by atoms with van der Waals surface area (Å²) < 4.78 is 2.53. The van der Waals surface area contributed by atoms with E-state index in [1.807, 2.05) is 12.1 Å². The minimum absolute atomic E-state index is 0.241. The minimum atomic E-state index is -0.457. The summed E-state index contributed by atoms with van der Waals surface area (Å²) in [6.07, 6.45) is 7.82. The Morgan fingerprint density at radius 3 is 2.57 bits per heavy atom. The smallest absolute Gasteiger partial charge is 0.336 e. The fourth-order valence-electron chi connectivity index (χ4n) is 4.57. The molecule has 1 aliphatic rings. The van der Waals surface area contributed by atoms with Crippen LogP contribution in [0.5, 0.6) is 0 Å². The quantitative estimate of drug-likeness (QED) is 0.389. The molecule has 5 heterocycles. The van der Waals surface area contributed by atoms with Gasteiger partial charge in [0.05, 0.1) is 17.4 Å². The van der Waals surface area contributed by atoms with Gasteiger partial charge in [0.25, 0.3) is 5.56 Å². The topological polar surface area (TPSA) is 120 Å². The van der Waals surface area contributed by atoms with Crippen LogP contribution in [0.1, 0.15) is 19.3 Å². The van der Waals surface area contributed by atoms with Crippen LogP contribution < -0.4 is 21.9 Å². The van der Waals surface area contributed by atoms with E-state index in [0.717, 1.165) is 39.3 Å². The molecule has 0 aromatic carbocycles. The van der Waals surface area contributed by atoms with Gasteiger partial charge >= 0.3 is 5.69 Å². The van der Waals surface area contributed by atoms with Crippen LogP contribution in [0.25, 0.3) is 27.1 Å². The second kappa shape index (κ2) is 8.58. The van der Waals surface area contributed by atoms with Crippen molar-refractivity contribution in [3.8, 4) is 5.69 Å². The lowest BCUT2D eigenvalue weighted by atomic mass is 10.2. The van der Waals surface area contributed by atoms with Crippen LogP contribution in [0.15, 0.2) is 64.6 Å². The molecule has 0 bridgehead atoms. The van der Waals surface area contributed by atoms with Gasteiger partial charge in [-0.05, 0) is 55.7 Å². The van der Waals surface area contributed by atoms with Crippen molar-refractivity contribution in [2.24, 2.45) is 7.05 Å². The highest BCUT2D eigenvalue weighted by Crippen LogP contribution is 2.29. The number of fused-ring (bicyclic) bond motifs is 2. The Morgan fingerprint density at radius 2 is 1.77 bits per heavy atom. The van der Waals surface area contributed by atoms with Gasteiger partial charge in [-0.15, -0.1) is 0 Å². The average molecular weight is 487 g/mol. The second-order valence-corrected chi connectivity index (χ2v) is 9.57. The molecule has 1 saturated carbocycles. The summed E-state index contributed by atoms with van der Waals surface area (Å²) in [4.78, 5) is 44.3. The largest absolute Gasteiger partial charge is 0.367 e. The molecular formula is C24H22N8O2S. The van der Waals surface area contributed by atoms with Crippen LogP contribution in [-0.4, -0.2) is 41.2 Å². The van der Waals surface area contributed by atoms with Gasteiger partial charge in [-0.1, -0.05) is 11.3 Å². The molecule has 0 saturated heterocycles. The van der Waals surface area contributed by atoms with Crippen LogP contribution in [0, 0.1) is 0 Å². The number of nitrogens with zero attached hydrogens (tertiary/aromatic N) is 6. The zero-order valence-corrected chi connectivity index (χ0v) is 19.7.